The number of pyridine rings is 1. The Morgan fingerprint density at radius 2 is 1.94 bits per heavy atom. The lowest BCUT2D eigenvalue weighted by Gasteiger charge is -1.99. The highest BCUT2D eigenvalue weighted by Gasteiger charge is 2.02. The number of nitrogens with one attached hydrogen (secondary N) is 2. The van der Waals surface area contributed by atoms with Crippen LogP contribution in [0.2, 0.25) is 0 Å². The molecule has 0 bridgehead atoms. The summed E-state index contributed by atoms with van der Waals surface area (Å²) in [5.74, 6) is 0. The first-order chi connectivity index (χ1) is 7.74. The first kappa shape index (κ1) is 8.84. The molecule has 5 heteroatoms. The Labute approximate surface area is 88.8 Å². The molecule has 0 fully saturated rings. The fraction of sp³-hybridized carbons (Fsp3) is 0. The minimum Gasteiger partial charge on any atom is -0.307 e. The van der Waals surface area contributed by atoms with Gasteiger partial charge in [-0.15, -0.1) is 0 Å². The van der Waals surface area contributed by atoms with Crippen LogP contribution in [0.5, 0.6) is 0 Å². The van der Waals surface area contributed by atoms with Crippen LogP contribution in [0, 0.1) is 0 Å². The molecule has 0 aliphatic carbocycles. The van der Waals surface area contributed by atoms with Crippen molar-refractivity contribution in [3.63, 3.8) is 0 Å². The van der Waals surface area contributed by atoms with E-state index in [1.165, 1.54) is 0 Å². The molecule has 0 amide bonds. The van der Waals surface area contributed by atoms with Crippen LogP contribution in [0.4, 0.5) is 0 Å². The number of hydrogen-bond acceptors (Lipinski definition) is 3. The molecule has 1 aromatic carbocycles. The third kappa shape index (κ3) is 1.22. The zero-order chi connectivity index (χ0) is 11.1. The van der Waals surface area contributed by atoms with Gasteiger partial charge in [0, 0.05) is 17.8 Å². The number of fused-ring (bicyclic) bond motifs is 2. The van der Waals surface area contributed by atoms with Crippen LogP contribution in [0.3, 0.4) is 0 Å². The molecule has 78 valence electrons. The monoisotopic (exact) mass is 213 g/mol. The molecule has 0 saturated carbocycles. The third-order valence-electron chi connectivity index (χ3n) is 2.50. The van der Waals surface area contributed by atoms with E-state index in [0.717, 1.165) is 10.8 Å². The van der Waals surface area contributed by atoms with E-state index in [2.05, 4.69) is 15.0 Å². The van der Waals surface area contributed by atoms with E-state index >= 15 is 0 Å². The van der Waals surface area contributed by atoms with Crippen LogP contribution < -0.4 is 11.2 Å². The molecule has 3 rings (SSSR count). The summed E-state index contributed by atoms with van der Waals surface area (Å²) in [6, 6.07) is 5.30. The fourth-order valence-electron chi connectivity index (χ4n) is 1.75. The van der Waals surface area contributed by atoms with Gasteiger partial charge < -0.3 is 4.98 Å². The largest absolute Gasteiger partial charge is 0.326 e. The fourth-order valence-corrected chi connectivity index (χ4v) is 1.75. The summed E-state index contributed by atoms with van der Waals surface area (Å²) >= 11 is 0. The molecule has 0 aliphatic rings. The van der Waals surface area contributed by atoms with Gasteiger partial charge in [-0.3, -0.25) is 14.8 Å². The van der Waals surface area contributed by atoms with Gasteiger partial charge in [0.15, 0.2) is 0 Å². The Kier molecular flexibility index (Phi) is 1.67. The van der Waals surface area contributed by atoms with Gasteiger partial charge in [0.05, 0.1) is 10.9 Å². The molecule has 3 aromatic rings. The van der Waals surface area contributed by atoms with Crippen molar-refractivity contribution in [3.8, 4) is 0 Å². The standard InChI is InChI=1S/C11H7N3O2/c15-10-8-3-6-1-2-12-5-7(6)4-9(8)13-11(16)14-10/h1-5H,(H2,13,14,15,16). The number of hydrogen-bond donors (Lipinski definition) is 2. The predicted octanol–water partition coefficient (Wildman–Crippen LogP) is 0.765. The Morgan fingerprint density at radius 3 is 2.81 bits per heavy atom. The maximum Gasteiger partial charge on any atom is 0.326 e. The molecular formula is C11H7N3O2. The van der Waals surface area contributed by atoms with Crippen LogP contribution in [0.1, 0.15) is 0 Å². The number of benzene rings is 1. The molecule has 2 N–H and O–H groups in total. The second-order valence-corrected chi connectivity index (χ2v) is 3.53. The summed E-state index contributed by atoms with van der Waals surface area (Å²) in [7, 11) is 0. The topological polar surface area (TPSA) is 78.6 Å². The lowest BCUT2D eigenvalue weighted by Crippen LogP contribution is -2.21. The van der Waals surface area contributed by atoms with E-state index in [1.807, 2.05) is 6.07 Å². The lowest BCUT2D eigenvalue weighted by atomic mass is 10.1. The summed E-state index contributed by atoms with van der Waals surface area (Å²) in [6.07, 6.45) is 3.35. The molecule has 2 aromatic heterocycles. The average molecular weight is 213 g/mol. The summed E-state index contributed by atoms with van der Waals surface area (Å²) < 4.78 is 0. The first-order valence-electron chi connectivity index (χ1n) is 4.74. The van der Waals surface area contributed by atoms with Crippen LogP contribution in [-0.2, 0) is 0 Å². The highest BCUT2D eigenvalue weighted by molar-refractivity contribution is 5.95. The summed E-state index contributed by atoms with van der Waals surface area (Å²) in [6.45, 7) is 0. The summed E-state index contributed by atoms with van der Waals surface area (Å²) in [5, 5.41) is 2.27. The zero-order valence-corrected chi connectivity index (χ0v) is 8.15. The van der Waals surface area contributed by atoms with Crippen molar-refractivity contribution >= 4 is 21.7 Å². The maximum atomic E-state index is 11.6. The van der Waals surface area contributed by atoms with E-state index in [0.29, 0.717) is 10.9 Å². The number of rotatable bonds is 0. The van der Waals surface area contributed by atoms with E-state index in [-0.39, 0.29) is 5.56 Å². The Morgan fingerprint density at radius 1 is 1.06 bits per heavy atom. The summed E-state index contributed by atoms with van der Waals surface area (Å²) in [5.41, 5.74) is -0.354. The van der Waals surface area contributed by atoms with Crippen molar-refractivity contribution in [1.82, 2.24) is 15.0 Å². The van der Waals surface area contributed by atoms with Gasteiger partial charge >= 0.3 is 5.69 Å². The molecular weight excluding hydrogens is 206 g/mol. The van der Waals surface area contributed by atoms with Gasteiger partial charge in [0.25, 0.3) is 5.56 Å². The molecule has 0 aliphatic heterocycles. The van der Waals surface area contributed by atoms with Crippen LogP contribution in [0.15, 0.2) is 40.2 Å². The molecule has 2 heterocycles. The maximum absolute atomic E-state index is 11.6. The molecule has 0 atom stereocenters. The minimum atomic E-state index is -0.499. The molecule has 0 saturated heterocycles. The molecule has 0 unspecified atom stereocenters. The normalized spacial score (nSPS) is 11.0. The van der Waals surface area contributed by atoms with Gasteiger partial charge in [0.2, 0.25) is 0 Å². The van der Waals surface area contributed by atoms with Gasteiger partial charge in [-0.1, -0.05) is 0 Å². The third-order valence-corrected chi connectivity index (χ3v) is 2.50. The lowest BCUT2D eigenvalue weighted by molar-refractivity contribution is 1.08. The Balaban J connectivity index is 2.61. The number of H-pyrrole nitrogens is 2. The molecule has 5 nitrogen and oxygen atoms in total. The van der Waals surface area contributed by atoms with Crippen molar-refractivity contribution in [2.24, 2.45) is 0 Å². The average Bonchev–Trinajstić information content (AvgIpc) is 2.27. The van der Waals surface area contributed by atoms with E-state index < -0.39 is 5.69 Å². The van der Waals surface area contributed by atoms with Crippen LogP contribution in [0.25, 0.3) is 21.7 Å². The van der Waals surface area contributed by atoms with E-state index in [4.69, 9.17) is 0 Å². The quantitative estimate of drug-likeness (QED) is 0.541. The van der Waals surface area contributed by atoms with Gasteiger partial charge in [-0.2, -0.15) is 0 Å². The van der Waals surface area contributed by atoms with Gasteiger partial charge in [0.1, 0.15) is 0 Å². The van der Waals surface area contributed by atoms with E-state index in [9.17, 15) is 9.59 Å². The molecule has 0 radical (unpaired) electrons. The van der Waals surface area contributed by atoms with Crippen molar-refractivity contribution < 1.29 is 0 Å². The van der Waals surface area contributed by atoms with Gasteiger partial charge in [-0.05, 0) is 23.6 Å². The number of aromatic nitrogens is 3. The first-order valence-corrected chi connectivity index (χ1v) is 4.74. The van der Waals surface area contributed by atoms with Crippen molar-refractivity contribution in [2.45, 2.75) is 0 Å². The second-order valence-electron chi connectivity index (χ2n) is 3.53. The Hall–Kier alpha value is -2.43. The Bertz CT molecular complexity index is 801. The SMILES string of the molecule is O=c1[nH]c(=O)c2cc3ccncc3cc2[nH]1. The number of nitrogens with zero attached hydrogens (tertiary/aromatic N) is 1. The zero-order valence-electron chi connectivity index (χ0n) is 8.15. The van der Waals surface area contributed by atoms with Crippen molar-refractivity contribution in [3.05, 3.63) is 51.4 Å². The smallest absolute Gasteiger partial charge is 0.307 e. The predicted molar refractivity (Wildman–Crippen MR) is 60.5 cm³/mol. The molecule has 0 spiro atoms. The van der Waals surface area contributed by atoms with Gasteiger partial charge in [-0.25, -0.2) is 4.79 Å². The van der Waals surface area contributed by atoms with Crippen LogP contribution in [-0.4, -0.2) is 15.0 Å². The van der Waals surface area contributed by atoms with Crippen molar-refractivity contribution in [1.29, 1.82) is 0 Å². The van der Waals surface area contributed by atoms with Crippen molar-refractivity contribution in [2.75, 3.05) is 0 Å². The van der Waals surface area contributed by atoms with Crippen LogP contribution >= 0.6 is 0 Å². The summed E-state index contributed by atoms with van der Waals surface area (Å²) in [4.78, 5) is 31.4. The van der Waals surface area contributed by atoms with E-state index in [1.54, 1.807) is 24.5 Å². The highest BCUT2D eigenvalue weighted by atomic mass is 16.2. The second kappa shape index (κ2) is 3.03. The minimum absolute atomic E-state index is 0.377. The highest BCUT2D eigenvalue weighted by Crippen LogP contribution is 2.16. The number of aromatic amines is 2. The molecule has 16 heavy (non-hydrogen) atoms.